The summed E-state index contributed by atoms with van der Waals surface area (Å²) in [5, 5.41) is 7.84. The zero-order valence-electron chi connectivity index (χ0n) is 16.7. The number of methoxy groups -OCH3 is 1. The minimum absolute atomic E-state index is 0.0935. The molecule has 30 heavy (non-hydrogen) atoms. The summed E-state index contributed by atoms with van der Waals surface area (Å²) in [4.78, 5) is 46.5. The van der Waals surface area contributed by atoms with E-state index in [0.29, 0.717) is 22.8 Å². The van der Waals surface area contributed by atoms with Crippen LogP contribution in [0, 0.1) is 0 Å². The van der Waals surface area contributed by atoms with Gasteiger partial charge in [0.1, 0.15) is 5.75 Å². The number of benzene rings is 2. The third-order valence-corrected chi connectivity index (χ3v) is 3.76. The van der Waals surface area contributed by atoms with Gasteiger partial charge in [-0.15, -0.1) is 0 Å². The molecule has 0 bridgehead atoms. The molecule has 158 valence electrons. The Bertz CT molecular complexity index is 911. The highest BCUT2D eigenvalue weighted by molar-refractivity contribution is 5.95. The average molecular weight is 413 g/mol. The van der Waals surface area contributed by atoms with Crippen LogP contribution >= 0.6 is 0 Å². The number of carbonyl (C=O) groups is 4. The SMILES string of the molecule is COc1cccc(NC(=O)COC(=O)CCC(=O)Nc2ccc(NC(C)=O)cc2)c1. The first kappa shape index (κ1) is 22.4. The molecule has 0 aliphatic rings. The topological polar surface area (TPSA) is 123 Å². The van der Waals surface area contributed by atoms with E-state index >= 15 is 0 Å². The maximum absolute atomic E-state index is 11.9. The van der Waals surface area contributed by atoms with Gasteiger partial charge in [0.25, 0.3) is 5.91 Å². The van der Waals surface area contributed by atoms with Crippen molar-refractivity contribution in [3.05, 3.63) is 48.5 Å². The lowest BCUT2D eigenvalue weighted by molar-refractivity contribution is -0.147. The summed E-state index contributed by atoms with van der Waals surface area (Å²) in [5.74, 6) is -1.14. The smallest absolute Gasteiger partial charge is 0.306 e. The highest BCUT2D eigenvalue weighted by Gasteiger charge is 2.11. The van der Waals surface area contributed by atoms with Crippen molar-refractivity contribution < 1.29 is 28.7 Å². The van der Waals surface area contributed by atoms with E-state index in [4.69, 9.17) is 9.47 Å². The molecule has 0 saturated carbocycles. The highest BCUT2D eigenvalue weighted by Crippen LogP contribution is 2.16. The number of nitrogens with one attached hydrogen (secondary N) is 3. The Labute approximate surface area is 173 Å². The van der Waals surface area contributed by atoms with E-state index in [1.807, 2.05) is 0 Å². The lowest BCUT2D eigenvalue weighted by Gasteiger charge is -2.08. The van der Waals surface area contributed by atoms with Gasteiger partial charge in [-0.2, -0.15) is 0 Å². The van der Waals surface area contributed by atoms with E-state index in [9.17, 15) is 19.2 Å². The molecule has 0 fully saturated rings. The van der Waals surface area contributed by atoms with Crippen LogP contribution in [0.5, 0.6) is 5.75 Å². The van der Waals surface area contributed by atoms with Gasteiger partial charge in [0, 0.05) is 36.5 Å². The molecule has 0 atom stereocenters. The Morgan fingerprint density at radius 1 is 0.800 bits per heavy atom. The van der Waals surface area contributed by atoms with E-state index in [2.05, 4.69) is 16.0 Å². The largest absolute Gasteiger partial charge is 0.497 e. The lowest BCUT2D eigenvalue weighted by atomic mass is 10.2. The third-order valence-electron chi connectivity index (χ3n) is 3.76. The number of hydrogen-bond donors (Lipinski definition) is 3. The van der Waals surface area contributed by atoms with Crippen LogP contribution in [0.15, 0.2) is 48.5 Å². The molecule has 2 aromatic rings. The summed E-state index contributed by atoms with van der Waals surface area (Å²) < 4.78 is 9.94. The van der Waals surface area contributed by atoms with Gasteiger partial charge in [0.15, 0.2) is 6.61 Å². The van der Waals surface area contributed by atoms with Crippen molar-refractivity contribution in [3.63, 3.8) is 0 Å². The number of rotatable bonds is 9. The predicted molar refractivity (Wildman–Crippen MR) is 111 cm³/mol. The minimum Gasteiger partial charge on any atom is -0.497 e. The average Bonchev–Trinajstić information content (AvgIpc) is 2.72. The summed E-state index contributed by atoms with van der Waals surface area (Å²) in [5.41, 5.74) is 1.65. The molecule has 9 nitrogen and oxygen atoms in total. The summed E-state index contributed by atoms with van der Waals surface area (Å²) in [6.45, 7) is 0.944. The van der Waals surface area contributed by atoms with E-state index in [-0.39, 0.29) is 24.7 Å². The van der Waals surface area contributed by atoms with Gasteiger partial charge in [-0.05, 0) is 36.4 Å². The Kier molecular flexibility index (Phi) is 8.37. The van der Waals surface area contributed by atoms with Crippen LogP contribution in [0.1, 0.15) is 19.8 Å². The molecule has 0 aliphatic heterocycles. The van der Waals surface area contributed by atoms with Crippen LogP contribution in [0.3, 0.4) is 0 Å². The fourth-order valence-electron chi connectivity index (χ4n) is 2.40. The Hall–Kier alpha value is -3.88. The van der Waals surface area contributed by atoms with E-state index < -0.39 is 18.5 Å². The molecule has 2 aromatic carbocycles. The first-order valence-electron chi connectivity index (χ1n) is 9.13. The fourth-order valence-corrected chi connectivity index (χ4v) is 2.40. The zero-order valence-corrected chi connectivity index (χ0v) is 16.7. The van der Waals surface area contributed by atoms with Gasteiger partial charge in [0.05, 0.1) is 13.5 Å². The molecule has 0 radical (unpaired) electrons. The highest BCUT2D eigenvalue weighted by atomic mass is 16.5. The summed E-state index contributed by atoms with van der Waals surface area (Å²) in [6, 6.07) is 13.3. The van der Waals surface area contributed by atoms with Crippen LogP contribution in [0.25, 0.3) is 0 Å². The van der Waals surface area contributed by atoms with Crippen LogP contribution in [0.4, 0.5) is 17.1 Å². The van der Waals surface area contributed by atoms with Crippen molar-refractivity contribution in [2.45, 2.75) is 19.8 Å². The normalized spacial score (nSPS) is 9.93. The van der Waals surface area contributed by atoms with Gasteiger partial charge in [-0.25, -0.2) is 0 Å². The van der Waals surface area contributed by atoms with Crippen LogP contribution in [0.2, 0.25) is 0 Å². The van der Waals surface area contributed by atoms with Gasteiger partial charge >= 0.3 is 5.97 Å². The standard InChI is InChI=1S/C21H23N3O6/c1-14(25)22-15-6-8-16(9-7-15)23-19(26)10-11-21(28)30-13-20(27)24-17-4-3-5-18(12-17)29-2/h3-9,12H,10-11,13H2,1-2H3,(H,22,25)(H,23,26)(H,24,27). The summed E-state index contributed by atoms with van der Waals surface area (Å²) in [7, 11) is 1.51. The molecular formula is C21H23N3O6. The molecule has 0 heterocycles. The van der Waals surface area contributed by atoms with E-state index in [1.165, 1.54) is 14.0 Å². The molecule has 0 aromatic heterocycles. The van der Waals surface area contributed by atoms with Crippen LogP contribution in [-0.2, 0) is 23.9 Å². The van der Waals surface area contributed by atoms with Gasteiger partial charge in [-0.1, -0.05) is 6.07 Å². The molecule has 0 saturated heterocycles. The molecular weight excluding hydrogens is 390 g/mol. The number of hydrogen-bond acceptors (Lipinski definition) is 6. The lowest BCUT2D eigenvalue weighted by Crippen LogP contribution is -2.21. The third kappa shape index (κ3) is 8.01. The second-order valence-electron chi connectivity index (χ2n) is 6.25. The Balaban J connectivity index is 1.68. The number of esters is 1. The number of amides is 3. The van der Waals surface area contributed by atoms with Crippen molar-refractivity contribution in [1.29, 1.82) is 0 Å². The second-order valence-corrected chi connectivity index (χ2v) is 6.25. The fraction of sp³-hybridized carbons (Fsp3) is 0.238. The van der Waals surface area contributed by atoms with Crippen molar-refractivity contribution in [2.24, 2.45) is 0 Å². The number of anilines is 3. The van der Waals surface area contributed by atoms with Crippen molar-refractivity contribution in [2.75, 3.05) is 29.7 Å². The van der Waals surface area contributed by atoms with Crippen molar-refractivity contribution >= 4 is 40.8 Å². The monoisotopic (exact) mass is 413 g/mol. The summed E-state index contributed by atoms with van der Waals surface area (Å²) in [6.07, 6.45) is -0.258. The van der Waals surface area contributed by atoms with Crippen molar-refractivity contribution in [3.8, 4) is 5.75 Å². The van der Waals surface area contributed by atoms with E-state index in [1.54, 1.807) is 48.5 Å². The summed E-state index contributed by atoms with van der Waals surface area (Å²) >= 11 is 0. The quantitative estimate of drug-likeness (QED) is 0.543. The maximum atomic E-state index is 11.9. The predicted octanol–water partition coefficient (Wildman–Crippen LogP) is 2.55. The van der Waals surface area contributed by atoms with Crippen LogP contribution in [-0.4, -0.2) is 37.4 Å². The first-order chi connectivity index (χ1) is 14.4. The second kappa shape index (κ2) is 11.2. The Morgan fingerprint density at radius 3 is 2.07 bits per heavy atom. The van der Waals surface area contributed by atoms with Crippen molar-refractivity contribution in [1.82, 2.24) is 0 Å². The Morgan fingerprint density at radius 2 is 1.43 bits per heavy atom. The van der Waals surface area contributed by atoms with Gasteiger partial charge in [0.2, 0.25) is 11.8 Å². The molecule has 3 N–H and O–H groups in total. The van der Waals surface area contributed by atoms with Crippen LogP contribution < -0.4 is 20.7 Å². The zero-order chi connectivity index (χ0) is 21.9. The number of carbonyl (C=O) groups excluding carboxylic acids is 4. The minimum atomic E-state index is -0.660. The molecule has 0 aliphatic carbocycles. The van der Waals surface area contributed by atoms with Gasteiger partial charge in [-0.3, -0.25) is 19.2 Å². The molecule has 9 heteroatoms. The van der Waals surface area contributed by atoms with Gasteiger partial charge < -0.3 is 25.4 Å². The maximum Gasteiger partial charge on any atom is 0.306 e. The molecule has 2 rings (SSSR count). The number of ether oxygens (including phenoxy) is 2. The molecule has 0 spiro atoms. The molecule has 3 amide bonds. The van der Waals surface area contributed by atoms with E-state index in [0.717, 1.165) is 0 Å². The first-order valence-corrected chi connectivity index (χ1v) is 9.13. The molecule has 0 unspecified atom stereocenters.